The monoisotopic (exact) mass is 878 g/mol. The maximum Gasteiger partial charge on any atom is 0.292 e. The summed E-state index contributed by atoms with van der Waals surface area (Å²) in [5, 5.41) is 11.5. The Morgan fingerprint density at radius 1 is 1.02 bits per heavy atom. The minimum Gasteiger partial charge on any atom is -0.344 e. The summed E-state index contributed by atoms with van der Waals surface area (Å²) in [6, 6.07) is 4.75. The van der Waals surface area contributed by atoms with E-state index in [9.17, 15) is 35.9 Å². The van der Waals surface area contributed by atoms with Gasteiger partial charge in [-0.3, -0.25) is 23.5 Å². The Balaban J connectivity index is 1.32. The van der Waals surface area contributed by atoms with Gasteiger partial charge in [0.25, 0.3) is 17.9 Å². The number of fused-ring (bicyclic) bond motifs is 2. The molecule has 1 amide bonds. The number of carbonyl (C=O) groups is 1. The number of aryl methyl sites for hydroxylation is 1. The lowest BCUT2D eigenvalue weighted by atomic mass is 10.0. The van der Waals surface area contributed by atoms with Crippen LogP contribution in [-0.4, -0.2) is 56.9 Å². The Hall–Kier alpha value is -5.57. The summed E-state index contributed by atoms with van der Waals surface area (Å²) >= 11 is 8.10. The Labute approximate surface area is 343 Å². The molecule has 6 aromatic rings. The molecule has 60 heavy (non-hydrogen) atoms. The largest absolute Gasteiger partial charge is 0.344 e. The molecule has 2 aromatic carbocycles. The van der Waals surface area contributed by atoms with Gasteiger partial charge >= 0.3 is 0 Å². The third kappa shape index (κ3) is 7.91. The van der Waals surface area contributed by atoms with Crippen molar-refractivity contribution in [2.45, 2.75) is 69.3 Å². The van der Waals surface area contributed by atoms with Gasteiger partial charge < -0.3 is 10.0 Å². The quantitative estimate of drug-likeness (QED) is 0.0829. The lowest BCUT2D eigenvalue weighted by molar-refractivity contribution is -0.123. The van der Waals surface area contributed by atoms with Crippen LogP contribution in [-0.2, 0) is 36.6 Å². The highest BCUT2D eigenvalue weighted by molar-refractivity contribution is 8.01. The Morgan fingerprint density at radius 3 is 2.40 bits per heavy atom. The van der Waals surface area contributed by atoms with E-state index in [0.717, 1.165) is 48.0 Å². The van der Waals surface area contributed by atoms with Crippen LogP contribution in [0.2, 0.25) is 5.02 Å². The maximum atomic E-state index is 15.4. The molecule has 0 aliphatic heterocycles. The van der Waals surface area contributed by atoms with Gasteiger partial charge in [-0.25, -0.2) is 41.3 Å². The molecule has 4 aromatic heterocycles. The number of alkyl halides is 5. The number of hydrogen-bond donors (Lipinski definition) is 2. The molecule has 12 nitrogen and oxygen atoms in total. The van der Waals surface area contributed by atoms with Crippen molar-refractivity contribution in [1.29, 1.82) is 0 Å². The van der Waals surface area contributed by atoms with E-state index < -0.39 is 90.7 Å². The first-order valence-electron chi connectivity index (χ1n) is 18.4. The number of anilines is 1. The van der Waals surface area contributed by atoms with Crippen molar-refractivity contribution < 1.29 is 39.9 Å². The first-order valence-corrected chi connectivity index (χ1v) is 19.7. The van der Waals surface area contributed by atoms with Crippen molar-refractivity contribution >= 4 is 46.2 Å². The lowest BCUT2D eigenvalue weighted by Crippen LogP contribution is -2.38. The van der Waals surface area contributed by atoms with Crippen LogP contribution in [0.4, 0.5) is 40.9 Å². The van der Waals surface area contributed by atoms with Crippen molar-refractivity contribution in [3.8, 4) is 17.2 Å². The number of nitrogens with one attached hydrogen (secondary N) is 2. The van der Waals surface area contributed by atoms with E-state index in [-0.39, 0.29) is 62.4 Å². The normalized spacial score (nSPS) is 16.4. The minimum absolute atomic E-state index is 0.00340. The van der Waals surface area contributed by atoms with Crippen LogP contribution in [0, 0.1) is 23.4 Å². The molecular weight excluding hydrogens is 848 g/mol. The summed E-state index contributed by atoms with van der Waals surface area (Å²) in [4.78, 5) is 41.0. The molecule has 314 valence electrons. The van der Waals surface area contributed by atoms with Crippen LogP contribution in [0.25, 0.3) is 28.1 Å². The molecule has 8 rings (SSSR count). The van der Waals surface area contributed by atoms with E-state index in [1.165, 1.54) is 35.7 Å². The molecule has 2 N–H and O–H groups in total. The van der Waals surface area contributed by atoms with Crippen molar-refractivity contribution in [1.82, 2.24) is 44.4 Å². The number of amides is 1. The summed E-state index contributed by atoms with van der Waals surface area (Å²) in [7, 11) is 0. The van der Waals surface area contributed by atoms with Crippen molar-refractivity contribution in [2.24, 2.45) is 5.92 Å². The van der Waals surface area contributed by atoms with Crippen LogP contribution in [0.5, 0.6) is 0 Å². The average Bonchev–Trinajstić information content (AvgIpc) is 3.77. The molecule has 2 aliphatic rings. The second-order valence-electron chi connectivity index (χ2n) is 14.4. The fourth-order valence-electron chi connectivity index (χ4n) is 7.21. The molecule has 4 heterocycles. The van der Waals surface area contributed by atoms with Gasteiger partial charge in [0.1, 0.15) is 47.8 Å². The van der Waals surface area contributed by atoms with E-state index in [0.29, 0.717) is 16.0 Å². The Morgan fingerprint density at radius 2 is 1.73 bits per heavy atom. The first-order chi connectivity index (χ1) is 28.6. The summed E-state index contributed by atoms with van der Waals surface area (Å²) in [5.41, 5.74) is -3.20. The van der Waals surface area contributed by atoms with E-state index in [1.807, 2.05) is 0 Å². The van der Waals surface area contributed by atoms with Gasteiger partial charge in [-0.05, 0) is 61.0 Å². The van der Waals surface area contributed by atoms with E-state index in [4.69, 9.17) is 11.6 Å². The summed E-state index contributed by atoms with van der Waals surface area (Å²) in [6.07, 6.45) is -0.648. The molecule has 0 bridgehead atoms. The molecule has 1 fully saturated rings. The van der Waals surface area contributed by atoms with E-state index in [1.54, 1.807) is 0 Å². The highest BCUT2D eigenvalue weighted by Gasteiger charge is 2.51. The zero-order chi connectivity index (χ0) is 42.6. The Kier molecular flexibility index (Phi) is 11.1. The van der Waals surface area contributed by atoms with Gasteiger partial charge in [0, 0.05) is 35.3 Å². The number of carbonyl (C=O) groups excluding carboxylic acids is 1. The van der Waals surface area contributed by atoms with Crippen molar-refractivity contribution in [3.63, 3.8) is 0 Å². The summed E-state index contributed by atoms with van der Waals surface area (Å²) in [6.45, 7) is -1.06. The van der Waals surface area contributed by atoms with Gasteiger partial charge in [0.15, 0.2) is 17.5 Å². The predicted octanol–water partition coefficient (Wildman–Crippen LogP) is 7.82. The van der Waals surface area contributed by atoms with Crippen molar-refractivity contribution in [3.05, 3.63) is 110 Å². The molecule has 0 saturated heterocycles. The first kappa shape index (κ1) is 41.2. The summed E-state index contributed by atoms with van der Waals surface area (Å²) < 4.78 is 122. The SMILES string of the molecule is CC1Cc2c(C(F)F)nn(CC(=O)NC(Cc3cc(F)cc(F)c3)c3nc(-c4ncc(F)cn4)cc(=O)n3-c3ccc(Cl)c4c(NSC5CC5)nn(CCF)c34)c2C1(F)F. The number of aromatic nitrogens is 8. The Bertz CT molecular complexity index is 2670. The van der Waals surface area contributed by atoms with Crippen LogP contribution < -0.4 is 15.6 Å². The molecule has 1 saturated carbocycles. The molecule has 2 unspecified atom stereocenters. The highest BCUT2D eigenvalue weighted by atomic mass is 35.5. The predicted molar refractivity (Wildman–Crippen MR) is 204 cm³/mol. The molecule has 22 heteroatoms. The minimum atomic E-state index is -3.63. The fourth-order valence-corrected chi connectivity index (χ4v) is 8.25. The topological polar surface area (TPSA) is 137 Å². The van der Waals surface area contributed by atoms with Gasteiger partial charge in [-0.1, -0.05) is 18.5 Å². The maximum absolute atomic E-state index is 15.4. The molecule has 0 radical (unpaired) electrons. The number of benzene rings is 2. The smallest absolute Gasteiger partial charge is 0.292 e. The van der Waals surface area contributed by atoms with Gasteiger partial charge in [0.2, 0.25) is 5.91 Å². The summed E-state index contributed by atoms with van der Waals surface area (Å²) in [5.74, 6) is -9.30. The van der Waals surface area contributed by atoms with Gasteiger partial charge in [-0.15, -0.1) is 0 Å². The fraction of sp³-hybridized carbons (Fsp3) is 0.342. The van der Waals surface area contributed by atoms with Crippen LogP contribution >= 0.6 is 23.5 Å². The lowest BCUT2D eigenvalue weighted by Gasteiger charge is -2.24. The van der Waals surface area contributed by atoms with E-state index in [2.05, 4.69) is 35.2 Å². The number of hydrogen-bond acceptors (Lipinski definition) is 9. The number of rotatable bonds is 14. The molecule has 0 spiro atoms. The molecule has 2 atom stereocenters. The second kappa shape index (κ2) is 16.1. The van der Waals surface area contributed by atoms with Crippen LogP contribution in [0.3, 0.4) is 0 Å². The van der Waals surface area contributed by atoms with Crippen LogP contribution in [0.1, 0.15) is 60.6 Å². The number of halogens is 9. The van der Waals surface area contributed by atoms with Crippen molar-refractivity contribution in [2.75, 3.05) is 11.4 Å². The van der Waals surface area contributed by atoms with Gasteiger partial charge in [-0.2, -0.15) is 19.0 Å². The molecular formula is C38H31ClF8N10O2S. The molecule has 2 aliphatic carbocycles. The third-order valence-corrected chi connectivity index (χ3v) is 11.5. The number of nitrogens with zero attached hydrogens (tertiary/aromatic N) is 8. The zero-order valence-electron chi connectivity index (χ0n) is 31.1. The van der Waals surface area contributed by atoms with Gasteiger partial charge in [0.05, 0.1) is 46.6 Å². The standard InChI is InChI=1S/C38H31ClF8N10O2S/c1-17-8-23-31(34(44)45)52-56(33(23)38(17,46)47)16-28(58)50-26(11-18-9-19(41)12-20(42)10-18)37-51-25(35-48-14-21(43)15-49-35)13-29(59)57(37)27-5-4-24(39)30-32(27)55(7-6-40)53-36(30)54-60-22-2-3-22/h4-5,9-10,12-15,17,22,26,34H,2-3,6-8,11,16H2,1H3,(H,50,58)(H,53,54). The zero-order valence-corrected chi connectivity index (χ0v) is 32.7. The van der Waals surface area contributed by atoms with Crippen LogP contribution in [0.15, 0.2) is 53.6 Å². The second-order valence-corrected chi connectivity index (χ2v) is 15.9. The van der Waals surface area contributed by atoms with E-state index >= 15 is 8.78 Å². The third-order valence-electron chi connectivity index (χ3n) is 10.0. The average molecular weight is 879 g/mol. The highest BCUT2D eigenvalue weighted by Crippen LogP contribution is 2.48.